The Morgan fingerprint density at radius 2 is 1.04 bits per heavy atom. The van der Waals surface area contributed by atoms with Crippen LogP contribution < -0.4 is 0 Å². The first-order valence-electron chi connectivity index (χ1n) is 5.17. The molecule has 0 fully saturated rings. The van der Waals surface area contributed by atoms with Gasteiger partial charge in [-0.15, -0.1) is 0 Å². The van der Waals surface area contributed by atoms with Crippen LogP contribution in [0.3, 0.4) is 0 Å². The average molecular weight is 424 g/mol. The summed E-state index contributed by atoms with van der Waals surface area (Å²) in [5, 5.41) is 23.0. The molecule has 25 heavy (non-hydrogen) atoms. The van der Waals surface area contributed by atoms with E-state index in [1.165, 1.54) is 27.7 Å². The number of hydrogen-bond donors (Lipinski definition) is 1. The van der Waals surface area contributed by atoms with E-state index in [0.717, 1.165) is 0 Å². The Bertz CT molecular complexity index is 608. The lowest BCUT2D eigenvalue weighted by atomic mass is 10.4. The van der Waals surface area contributed by atoms with E-state index in [4.69, 9.17) is 32.3 Å². The number of rotatable bonds is 3. The van der Waals surface area contributed by atoms with Crippen molar-refractivity contribution >= 4 is 57.2 Å². The van der Waals surface area contributed by atoms with E-state index in [0.29, 0.717) is 0 Å². The standard InChI is InChI=1S/C4H2ClNO.2C4H4NO2P.H3OP/c1-3(2-6)4(5)7;2*1-3(2-5)4(6)7-8;1-2/h1H2;2*1,8H2;1H,2H2. The van der Waals surface area contributed by atoms with Crippen molar-refractivity contribution in [2.24, 2.45) is 0 Å². The van der Waals surface area contributed by atoms with Crippen molar-refractivity contribution in [1.29, 1.82) is 15.8 Å². The molecule has 13 heteroatoms. The van der Waals surface area contributed by atoms with Gasteiger partial charge in [0.1, 0.15) is 34.9 Å². The highest BCUT2D eigenvalue weighted by atomic mass is 35.5. The lowest BCUT2D eigenvalue weighted by molar-refractivity contribution is -0.129. The molecule has 0 aromatic carbocycles. The molecule has 3 unspecified atom stereocenters. The molecule has 0 saturated heterocycles. The summed E-state index contributed by atoms with van der Waals surface area (Å²) in [6, 6.07) is 4.56. The van der Waals surface area contributed by atoms with Gasteiger partial charge in [0.2, 0.25) is 0 Å². The molecular formula is C12H13ClN3O6P3. The lowest BCUT2D eigenvalue weighted by Crippen LogP contribution is -1.96. The molecule has 0 aromatic heterocycles. The topological polar surface area (TPSA) is 161 Å². The molecule has 0 aliphatic rings. The van der Waals surface area contributed by atoms with Gasteiger partial charge >= 0.3 is 11.9 Å². The number of carbonyl (C=O) groups excluding carboxylic acids is 3. The van der Waals surface area contributed by atoms with Gasteiger partial charge in [0, 0.05) is 0 Å². The van der Waals surface area contributed by atoms with Crippen LogP contribution in [0.1, 0.15) is 0 Å². The fourth-order valence-corrected chi connectivity index (χ4v) is 0.604. The van der Waals surface area contributed by atoms with Crippen molar-refractivity contribution < 1.29 is 28.3 Å². The van der Waals surface area contributed by atoms with Crippen molar-refractivity contribution in [3.63, 3.8) is 0 Å². The van der Waals surface area contributed by atoms with Crippen LogP contribution in [0.2, 0.25) is 0 Å². The van der Waals surface area contributed by atoms with Crippen molar-refractivity contribution in [2.75, 3.05) is 0 Å². The molecule has 0 rings (SSSR count). The SMILES string of the molecule is C=C(C#N)C(=O)Cl.C=C(C#N)C(=O)OP.C=C(C#N)C(=O)OP.OP. The third-order valence-electron chi connectivity index (χ3n) is 1.35. The number of hydrogen-bond acceptors (Lipinski definition) is 9. The van der Waals surface area contributed by atoms with Gasteiger partial charge in [0.25, 0.3) is 5.24 Å². The van der Waals surface area contributed by atoms with Gasteiger partial charge < -0.3 is 13.9 Å². The van der Waals surface area contributed by atoms with E-state index in [1.54, 1.807) is 18.9 Å². The van der Waals surface area contributed by atoms with Crippen molar-refractivity contribution in [2.45, 2.75) is 0 Å². The fraction of sp³-hybridized carbons (Fsp3) is 0. The number of halogens is 1. The third-order valence-corrected chi connectivity index (χ3v) is 2.01. The molecule has 0 saturated carbocycles. The first kappa shape index (κ1) is 30.7. The smallest absolute Gasteiger partial charge is 0.350 e. The van der Waals surface area contributed by atoms with Crippen molar-refractivity contribution in [3.8, 4) is 18.2 Å². The number of nitriles is 3. The Morgan fingerprint density at radius 3 is 1.08 bits per heavy atom. The maximum absolute atomic E-state index is 10.2. The lowest BCUT2D eigenvalue weighted by Gasteiger charge is -1.88. The Balaban J connectivity index is -0.000000126. The Kier molecular flexibility index (Phi) is 26.8. The van der Waals surface area contributed by atoms with E-state index in [9.17, 15) is 14.4 Å². The summed E-state index contributed by atoms with van der Waals surface area (Å²) in [5.41, 5.74) is -0.610. The summed E-state index contributed by atoms with van der Waals surface area (Å²) in [5.74, 6) is -1.42. The molecule has 9 nitrogen and oxygen atoms in total. The predicted molar refractivity (Wildman–Crippen MR) is 98.7 cm³/mol. The van der Waals surface area contributed by atoms with E-state index < -0.39 is 17.2 Å². The van der Waals surface area contributed by atoms with Gasteiger partial charge in [-0.25, -0.2) is 9.59 Å². The van der Waals surface area contributed by atoms with Gasteiger partial charge in [-0.2, -0.15) is 15.8 Å². The highest BCUT2D eigenvalue weighted by Crippen LogP contribution is 1.95. The number of nitrogens with zero attached hydrogens (tertiary/aromatic N) is 3. The van der Waals surface area contributed by atoms with Crippen LogP contribution in [-0.4, -0.2) is 22.1 Å². The van der Waals surface area contributed by atoms with Crippen LogP contribution in [0.15, 0.2) is 36.5 Å². The second-order valence-electron chi connectivity index (χ2n) is 2.86. The van der Waals surface area contributed by atoms with E-state index in [2.05, 4.69) is 28.8 Å². The Hall–Kier alpha value is -2.16. The molecule has 3 atom stereocenters. The zero-order valence-corrected chi connectivity index (χ0v) is 16.8. The van der Waals surface area contributed by atoms with Crippen LogP contribution >= 0.6 is 40.0 Å². The largest absolute Gasteiger partial charge is 0.447 e. The summed E-state index contributed by atoms with van der Waals surface area (Å²) in [4.78, 5) is 37.1. The summed E-state index contributed by atoms with van der Waals surface area (Å²) >= 11 is 4.77. The second-order valence-corrected chi connectivity index (χ2v) is 3.67. The molecule has 0 amide bonds. The molecule has 0 heterocycles. The van der Waals surface area contributed by atoms with Gasteiger partial charge in [0.05, 0.1) is 18.9 Å². The predicted octanol–water partition coefficient (Wildman–Crippen LogP) is 1.40. The van der Waals surface area contributed by atoms with Crippen molar-refractivity contribution in [1.82, 2.24) is 0 Å². The Labute approximate surface area is 156 Å². The molecule has 0 radical (unpaired) electrons. The molecule has 0 bridgehead atoms. The minimum atomic E-state index is -0.789. The maximum Gasteiger partial charge on any atom is 0.350 e. The second kappa shape index (κ2) is 21.8. The number of carbonyl (C=O) groups is 3. The third kappa shape index (κ3) is 21.8. The number of allylic oxidation sites excluding steroid dienone is 1. The minimum Gasteiger partial charge on any atom is -0.447 e. The van der Waals surface area contributed by atoms with Gasteiger partial charge in [-0.1, -0.05) is 19.7 Å². The van der Waals surface area contributed by atoms with Crippen LogP contribution in [0.25, 0.3) is 0 Å². The summed E-state index contributed by atoms with van der Waals surface area (Å²) in [6.07, 6.45) is 0. The zero-order chi connectivity index (χ0) is 21.0. The van der Waals surface area contributed by atoms with Gasteiger partial charge in [0.15, 0.2) is 0 Å². The summed E-state index contributed by atoms with van der Waals surface area (Å²) in [7, 11) is 4.88. The van der Waals surface area contributed by atoms with Crippen LogP contribution in [-0.2, 0) is 23.4 Å². The highest BCUT2D eigenvalue weighted by molar-refractivity contribution is 7.11. The monoisotopic (exact) mass is 423 g/mol. The Morgan fingerprint density at radius 1 is 0.800 bits per heavy atom. The fourth-order valence-electron chi connectivity index (χ4n) is 0.277. The highest BCUT2D eigenvalue weighted by Gasteiger charge is 2.02. The first-order chi connectivity index (χ1) is 11.6. The minimum absolute atomic E-state index is 0.194. The zero-order valence-electron chi connectivity index (χ0n) is 12.6. The van der Waals surface area contributed by atoms with Crippen LogP contribution in [0.5, 0.6) is 0 Å². The molecule has 134 valence electrons. The molecule has 0 aliphatic carbocycles. The van der Waals surface area contributed by atoms with Gasteiger partial charge in [-0.3, -0.25) is 4.79 Å². The molecule has 0 aliphatic heterocycles. The molecule has 0 aromatic rings. The van der Waals surface area contributed by atoms with E-state index in [-0.39, 0.29) is 16.7 Å². The normalized spacial score (nSPS) is 6.64. The first-order valence-corrected chi connectivity index (χ1v) is 7.01. The van der Waals surface area contributed by atoms with Crippen LogP contribution in [0, 0.1) is 34.0 Å². The molecule has 0 spiro atoms. The van der Waals surface area contributed by atoms with Crippen LogP contribution in [0.4, 0.5) is 0 Å². The quantitative estimate of drug-likeness (QED) is 0.306. The van der Waals surface area contributed by atoms with E-state index >= 15 is 0 Å². The molecular weight excluding hydrogens is 411 g/mol. The summed E-state index contributed by atoms with van der Waals surface area (Å²) < 4.78 is 8.12. The van der Waals surface area contributed by atoms with Gasteiger partial charge in [-0.05, 0) is 21.1 Å². The molecule has 1 N–H and O–H groups in total. The van der Waals surface area contributed by atoms with E-state index in [1.807, 2.05) is 0 Å². The average Bonchev–Trinajstić information content (AvgIpc) is 2.66. The van der Waals surface area contributed by atoms with Crippen molar-refractivity contribution in [3.05, 3.63) is 36.5 Å². The maximum atomic E-state index is 10.2. The summed E-state index contributed by atoms with van der Waals surface area (Å²) in [6.45, 7) is 9.22.